The Kier molecular flexibility index (Phi) is 4.31. The lowest BCUT2D eigenvalue weighted by molar-refractivity contribution is -0.00207. The van der Waals surface area contributed by atoms with Gasteiger partial charge in [-0.25, -0.2) is 13.3 Å². The molecule has 0 saturated carbocycles. The van der Waals surface area contributed by atoms with Gasteiger partial charge < -0.3 is 0 Å². The monoisotopic (exact) mass is 268 g/mol. The fourth-order valence-corrected chi connectivity index (χ4v) is 3.29. The number of hydrogen-bond donors (Lipinski definition) is 0. The average molecular weight is 268 g/mol. The molecular weight excluding hydrogens is 253 g/mol. The molecule has 1 aliphatic carbocycles. The maximum Gasteiger partial charge on any atom is 0.475 e. The van der Waals surface area contributed by atoms with E-state index in [-0.39, 0.29) is 18.6 Å². The molecule has 98 valence electrons. The number of rotatable bonds is 4. The molecule has 2 aliphatic rings. The minimum Gasteiger partial charge on any atom is -0.287 e. The fraction of sp³-hybridized carbons (Fsp3) is 0.800. The second kappa shape index (κ2) is 5.57. The molecule has 0 bridgehead atoms. The molecule has 0 radical (unpaired) electrons. The Bertz CT molecular complexity index is 334. The van der Waals surface area contributed by atoms with Crippen LogP contribution in [0.2, 0.25) is 0 Å². The molecule has 4 nitrogen and oxygen atoms in total. The van der Waals surface area contributed by atoms with Crippen molar-refractivity contribution in [3.63, 3.8) is 0 Å². The van der Waals surface area contributed by atoms with E-state index in [0.717, 1.165) is 12.8 Å². The van der Waals surface area contributed by atoms with E-state index < -0.39 is 20.7 Å². The van der Waals surface area contributed by atoms with Crippen LogP contribution in [0.15, 0.2) is 12.2 Å². The summed E-state index contributed by atoms with van der Waals surface area (Å²) in [6.07, 6.45) is 2.42. The van der Waals surface area contributed by atoms with E-state index in [9.17, 15) is 13.3 Å². The number of allylic oxidation sites excluding steroid dienone is 1. The molecule has 3 atom stereocenters. The third-order valence-electron chi connectivity index (χ3n) is 2.78. The van der Waals surface area contributed by atoms with Gasteiger partial charge in [-0.05, 0) is 12.8 Å². The van der Waals surface area contributed by atoms with Crippen molar-refractivity contribution in [3.05, 3.63) is 12.2 Å². The van der Waals surface area contributed by atoms with Gasteiger partial charge in [0.25, 0.3) is 0 Å². The predicted octanol–water partition coefficient (Wildman–Crippen LogP) is 3.15. The maximum atomic E-state index is 11.9. The Labute approximate surface area is 98.5 Å². The highest BCUT2D eigenvalue weighted by atomic mass is 31.2. The van der Waals surface area contributed by atoms with E-state index in [1.54, 1.807) is 0 Å². The Balaban J connectivity index is 1.87. The average Bonchev–Trinajstić information content (AvgIpc) is 2.28. The minimum absolute atomic E-state index is 0.181. The van der Waals surface area contributed by atoms with Crippen LogP contribution in [0.3, 0.4) is 0 Å². The van der Waals surface area contributed by atoms with Crippen LogP contribution in [0, 0.1) is 5.92 Å². The summed E-state index contributed by atoms with van der Waals surface area (Å²) >= 11 is 0. The molecule has 7 heteroatoms. The van der Waals surface area contributed by atoms with Gasteiger partial charge in [0.1, 0.15) is 0 Å². The highest BCUT2D eigenvalue weighted by Gasteiger charge is 2.40. The topological polar surface area (TPSA) is 44.8 Å². The largest absolute Gasteiger partial charge is 0.475 e. The van der Waals surface area contributed by atoms with Crippen LogP contribution in [0.25, 0.3) is 0 Å². The van der Waals surface area contributed by atoms with E-state index in [2.05, 4.69) is 0 Å². The van der Waals surface area contributed by atoms with Crippen LogP contribution < -0.4 is 0 Å². The summed E-state index contributed by atoms with van der Waals surface area (Å²) in [5.74, 6) is 0.181. The molecule has 2 unspecified atom stereocenters. The van der Waals surface area contributed by atoms with Gasteiger partial charge in [-0.2, -0.15) is 0 Å². The first-order valence-corrected chi connectivity index (χ1v) is 7.07. The number of phosphoric acid groups is 1. The van der Waals surface area contributed by atoms with Gasteiger partial charge in [0.05, 0.1) is 19.3 Å². The predicted molar refractivity (Wildman–Crippen MR) is 56.9 cm³/mol. The van der Waals surface area contributed by atoms with Gasteiger partial charge in [0, 0.05) is 12.3 Å². The Morgan fingerprint density at radius 3 is 3.12 bits per heavy atom. The molecule has 0 N–H and O–H groups in total. The van der Waals surface area contributed by atoms with Crippen LogP contribution in [0.1, 0.15) is 19.3 Å². The Morgan fingerprint density at radius 2 is 2.35 bits per heavy atom. The zero-order valence-corrected chi connectivity index (χ0v) is 10.2. The van der Waals surface area contributed by atoms with Crippen LogP contribution in [0.4, 0.5) is 8.78 Å². The first-order chi connectivity index (χ1) is 8.09. The van der Waals surface area contributed by atoms with Crippen molar-refractivity contribution in [3.8, 4) is 0 Å². The Morgan fingerprint density at radius 1 is 1.53 bits per heavy atom. The molecule has 0 aromatic heterocycles. The highest BCUT2D eigenvalue weighted by Crippen LogP contribution is 2.55. The fourth-order valence-electron chi connectivity index (χ4n) is 1.85. The third kappa shape index (κ3) is 3.58. The number of fused-ring (bicyclic) bond motifs is 1. The minimum atomic E-state index is -3.64. The summed E-state index contributed by atoms with van der Waals surface area (Å²) < 4.78 is 50.9. The zero-order chi connectivity index (χ0) is 12.3. The van der Waals surface area contributed by atoms with Gasteiger partial charge in [-0.3, -0.25) is 13.6 Å². The molecule has 1 aliphatic heterocycles. The number of hydrogen-bond acceptors (Lipinski definition) is 4. The summed E-state index contributed by atoms with van der Waals surface area (Å²) in [6, 6.07) is 0. The number of phosphoric ester groups is 1. The molecule has 0 spiro atoms. The summed E-state index contributed by atoms with van der Waals surface area (Å²) in [6.45, 7) is -0.0307. The smallest absolute Gasteiger partial charge is 0.287 e. The second-order valence-corrected chi connectivity index (χ2v) is 5.71. The van der Waals surface area contributed by atoms with Crippen molar-refractivity contribution in [2.45, 2.75) is 31.8 Å². The zero-order valence-electron chi connectivity index (χ0n) is 9.26. The lowest BCUT2D eigenvalue weighted by atomic mass is 9.93. The van der Waals surface area contributed by atoms with Gasteiger partial charge in [0.2, 0.25) is 6.43 Å². The number of alkyl halides is 2. The van der Waals surface area contributed by atoms with E-state index in [0.29, 0.717) is 6.61 Å². The first kappa shape index (κ1) is 13.1. The maximum absolute atomic E-state index is 11.9. The molecular formula is C10H15F2O4P. The van der Waals surface area contributed by atoms with E-state index in [1.807, 2.05) is 12.2 Å². The van der Waals surface area contributed by atoms with Crippen molar-refractivity contribution in [1.82, 2.24) is 0 Å². The van der Waals surface area contributed by atoms with Crippen molar-refractivity contribution < 1.29 is 26.9 Å². The summed E-state index contributed by atoms with van der Waals surface area (Å²) in [4.78, 5) is 0. The Hall–Kier alpha value is -0.290. The molecule has 0 amide bonds. The van der Waals surface area contributed by atoms with E-state index in [4.69, 9.17) is 13.6 Å². The van der Waals surface area contributed by atoms with Crippen LogP contribution in [-0.4, -0.2) is 25.7 Å². The molecule has 1 heterocycles. The lowest BCUT2D eigenvalue weighted by Gasteiger charge is -2.35. The van der Waals surface area contributed by atoms with E-state index >= 15 is 0 Å². The van der Waals surface area contributed by atoms with Crippen molar-refractivity contribution in [1.29, 1.82) is 0 Å². The normalized spacial score (nSPS) is 37.1. The summed E-state index contributed by atoms with van der Waals surface area (Å²) in [5, 5.41) is 0. The van der Waals surface area contributed by atoms with Crippen LogP contribution in [0.5, 0.6) is 0 Å². The summed E-state index contributed by atoms with van der Waals surface area (Å²) in [7, 11) is -3.64. The van der Waals surface area contributed by atoms with Gasteiger partial charge in [-0.1, -0.05) is 12.2 Å². The molecule has 17 heavy (non-hydrogen) atoms. The molecule has 1 fully saturated rings. The van der Waals surface area contributed by atoms with Crippen LogP contribution in [-0.2, 0) is 18.1 Å². The highest BCUT2D eigenvalue weighted by molar-refractivity contribution is 7.48. The molecule has 0 aromatic carbocycles. The third-order valence-corrected chi connectivity index (χ3v) is 4.24. The SMILES string of the molecule is O=[P@]1(OCCC(F)F)OCC2CCC=CC2O1. The van der Waals surface area contributed by atoms with Crippen molar-refractivity contribution in [2.75, 3.05) is 13.2 Å². The standard InChI is InChI=1S/C10H15F2O4P/c11-10(12)5-6-14-17(13)15-7-8-3-1-2-4-9(8)16-17/h2,4,8-10H,1,3,5-7H2/t8?,9?,17-/m0/s1. The van der Waals surface area contributed by atoms with Gasteiger partial charge in [-0.15, -0.1) is 0 Å². The second-order valence-electron chi connectivity index (χ2n) is 4.09. The first-order valence-electron chi connectivity index (χ1n) is 5.61. The molecule has 0 aromatic rings. The summed E-state index contributed by atoms with van der Waals surface area (Å²) in [5.41, 5.74) is 0. The van der Waals surface area contributed by atoms with Gasteiger partial charge >= 0.3 is 7.82 Å². The van der Waals surface area contributed by atoms with E-state index in [1.165, 1.54) is 0 Å². The van der Waals surface area contributed by atoms with Gasteiger partial charge in [0.15, 0.2) is 0 Å². The molecule has 1 saturated heterocycles. The molecule has 2 rings (SSSR count). The lowest BCUT2D eigenvalue weighted by Crippen LogP contribution is -2.32. The van der Waals surface area contributed by atoms with Crippen molar-refractivity contribution >= 4 is 7.82 Å². The van der Waals surface area contributed by atoms with Crippen molar-refractivity contribution in [2.24, 2.45) is 5.92 Å². The van der Waals surface area contributed by atoms with Crippen LogP contribution >= 0.6 is 7.82 Å². The number of halogens is 2. The quantitative estimate of drug-likeness (QED) is 0.580.